The summed E-state index contributed by atoms with van der Waals surface area (Å²) in [6.07, 6.45) is 5.59. The molecule has 1 fully saturated rings. The second-order valence-corrected chi connectivity index (χ2v) is 6.70. The summed E-state index contributed by atoms with van der Waals surface area (Å²) < 4.78 is 0. The van der Waals surface area contributed by atoms with E-state index in [0.717, 1.165) is 12.4 Å². The zero-order valence-electron chi connectivity index (χ0n) is 12.3. The number of nitrogens with zero attached hydrogens (tertiary/aromatic N) is 1. The molecule has 0 spiro atoms. The van der Waals surface area contributed by atoms with Crippen molar-refractivity contribution in [2.24, 2.45) is 11.8 Å². The van der Waals surface area contributed by atoms with E-state index in [2.05, 4.69) is 43.2 Å². The normalized spacial score (nSPS) is 23.6. The Hall–Kier alpha value is -1.09. The SMILES string of the molecule is CC(C)(C)c1ccc(NCC2CCCC2CO)nc1. The lowest BCUT2D eigenvalue weighted by Crippen LogP contribution is -2.21. The summed E-state index contributed by atoms with van der Waals surface area (Å²) >= 11 is 0. The van der Waals surface area contributed by atoms with Crippen molar-refractivity contribution in [1.29, 1.82) is 0 Å². The molecule has 1 saturated carbocycles. The maximum atomic E-state index is 9.32. The zero-order chi connectivity index (χ0) is 13.9. The number of aliphatic hydroxyl groups is 1. The molecule has 0 aliphatic heterocycles. The first-order valence-corrected chi connectivity index (χ1v) is 7.32. The van der Waals surface area contributed by atoms with Gasteiger partial charge in [-0.05, 0) is 41.7 Å². The Morgan fingerprint density at radius 2 is 2.00 bits per heavy atom. The van der Waals surface area contributed by atoms with Crippen molar-refractivity contribution in [1.82, 2.24) is 4.98 Å². The number of nitrogens with one attached hydrogen (secondary N) is 1. The number of pyridine rings is 1. The number of hydrogen-bond donors (Lipinski definition) is 2. The molecule has 1 heterocycles. The number of aliphatic hydroxyl groups excluding tert-OH is 1. The van der Waals surface area contributed by atoms with Crippen LogP contribution in [0.15, 0.2) is 18.3 Å². The molecule has 2 N–H and O–H groups in total. The molecule has 0 aromatic carbocycles. The van der Waals surface area contributed by atoms with E-state index >= 15 is 0 Å². The van der Waals surface area contributed by atoms with Crippen LogP contribution >= 0.6 is 0 Å². The van der Waals surface area contributed by atoms with Crippen LogP contribution in [0, 0.1) is 11.8 Å². The minimum atomic E-state index is 0.152. The third-order valence-corrected chi connectivity index (χ3v) is 4.23. The average Bonchev–Trinajstić information content (AvgIpc) is 2.83. The largest absolute Gasteiger partial charge is 0.396 e. The molecule has 2 unspecified atom stereocenters. The molecule has 0 amide bonds. The van der Waals surface area contributed by atoms with E-state index in [1.54, 1.807) is 0 Å². The zero-order valence-corrected chi connectivity index (χ0v) is 12.3. The lowest BCUT2D eigenvalue weighted by atomic mass is 9.88. The van der Waals surface area contributed by atoms with E-state index in [9.17, 15) is 5.11 Å². The van der Waals surface area contributed by atoms with Crippen LogP contribution in [0.5, 0.6) is 0 Å². The Labute approximate surface area is 116 Å². The van der Waals surface area contributed by atoms with Crippen LogP contribution in [0.3, 0.4) is 0 Å². The van der Waals surface area contributed by atoms with Gasteiger partial charge >= 0.3 is 0 Å². The molecule has 1 aliphatic rings. The third-order valence-electron chi connectivity index (χ3n) is 4.23. The molecule has 3 nitrogen and oxygen atoms in total. The Balaban J connectivity index is 1.90. The lowest BCUT2D eigenvalue weighted by molar-refractivity contribution is 0.199. The van der Waals surface area contributed by atoms with Crippen LogP contribution < -0.4 is 5.32 Å². The first-order chi connectivity index (χ1) is 9.00. The molecule has 106 valence electrons. The highest BCUT2D eigenvalue weighted by Gasteiger charge is 2.26. The van der Waals surface area contributed by atoms with E-state index in [-0.39, 0.29) is 5.41 Å². The predicted molar refractivity (Wildman–Crippen MR) is 79.3 cm³/mol. The van der Waals surface area contributed by atoms with Gasteiger partial charge in [-0.3, -0.25) is 0 Å². The summed E-state index contributed by atoms with van der Waals surface area (Å²) in [7, 11) is 0. The number of aromatic nitrogens is 1. The van der Waals surface area contributed by atoms with Gasteiger partial charge in [-0.15, -0.1) is 0 Å². The standard InChI is InChI=1S/C16H26N2O/c1-16(2,3)14-7-8-15(18-10-14)17-9-12-5-4-6-13(12)11-19/h7-8,10,12-13,19H,4-6,9,11H2,1-3H3,(H,17,18). The number of hydrogen-bond acceptors (Lipinski definition) is 3. The first-order valence-electron chi connectivity index (χ1n) is 7.32. The van der Waals surface area contributed by atoms with Gasteiger partial charge in [0.1, 0.15) is 5.82 Å². The van der Waals surface area contributed by atoms with Gasteiger partial charge < -0.3 is 10.4 Å². The molecular formula is C16H26N2O. The smallest absolute Gasteiger partial charge is 0.125 e. The fraction of sp³-hybridized carbons (Fsp3) is 0.688. The molecule has 2 atom stereocenters. The Bertz CT molecular complexity index is 394. The molecule has 1 aliphatic carbocycles. The predicted octanol–water partition coefficient (Wildman–Crippen LogP) is 3.20. The maximum Gasteiger partial charge on any atom is 0.125 e. The van der Waals surface area contributed by atoms with Crippen LogP contribution in [0.25, 0.3) is 0 Å². The number of rotatable bonds is 4. The molecular weight excluding hydrogens is 236 g/mol. The van der Waals surface area contributed by atoms with Crippen LogP contribution in [0.1, 0.15) is 45.6 Å². The van der Waals surface area contributed by atoms with Crippen LogP contribution in [0.2, 0.25) is 0 Å². The van der Waals surface area contributed by atoms with Gasteiger partial charge in [0.2, 0.25) is 0 Å². The summed E-state index contributed by atoms with van der Waals surface area (Å²) in [5.74, 6) is 2.01. The average molecular weight is 262 g/mol. The molecule has 0 saturated heterocycles. The van der Waals surface area contributed by atoms with E-state index < -0.39 is 0 Å². The van der Waals surface area contributed by atoms with Gasteiger partial charge in [0.05, 0.1) is 0 Å². The molecule has 0 bridgehead atoms. The van der Waals surface area contributed by atoms with E-state index in [1.165, 1.54) is 24.8 Å². The Kier molecular flexibility index (Phi) is 4.46. The van der Waals surface area contributed by atoms with Crippen molar-refractivity contribution in [2.45, 2.75) is 45.4 Å². The molecule has 1 aromatic rings. The van der Waals surface area contributed by atoms with Crippen molar-refractivity contribution in [3.63, 3.8) is 0 Å². The van der Waals surface area contributed by atoms with Gasteiger partial charge in [-0.25, -0.2) is 4.98 Å². The van der Waals surface area contributed by atoms with Gasteiger partial charge in [0.15, 0.2) is 0 Å². The molecule has 3 heteroatoms. The topological polar surface area (TPSA) is 45.1 Å². The summed E-state index contributed by atoms with van der Waals surface area (Å²) in [5.41, 5.74) is 1.41. The van der Waals surface area contributed by atoms with Gasteiger partial charge in [0, 0.05) is 19.3 Å². The van der Waals surface area contributed by atoms with Crippen molar-refractivity contribution in [3.8, 4) is 0 Å². The highest BCUT2D eigenvalue weighted by atomic mass is 16.3. The summed E-state index contributed by atoms with van der Waals surface area (Å²) in [6.45, 7) is 7.83. The molecule has 0 radical (unpaired) electrons. The van der Waals surface area contributed by atoms with Gasteiger partial charge in [0.25, 0.3) is 0 Å². The second kappa shape index (κ2) is 5.91. The highest BCUT2D eigenvalue weighted by Crippen LogP contribution is 2.31. The monoisotopic (exact) mass is 262 g/mol. The lowest BCUT2D eigenvalue weighted by Gasteiger charge is -2.20. The second-order valence-electron chi connectivity index (χ2n) is 6.70. The van der Waals surface area contributed by atoms with Crippen molar-refractivity contribution in [3.05, 3.63) is 23.9 Å². The van der Waals surface area contributed by atoms with Crippen molar-refractivity contribution < 1.29 is 5.11 Å². The van der Waals surface area contributed by atoms with Gasteiger partial charge in [-0.2, -0.15) is 0 Å². The summed E-state index contributed by atoms with van der Waals surface area (Å²) in [6, 6.07) is 4.21. The quantitative estimate of drug-likeness (QED) is 0.876. The van der Waals surface area contributed by atoms with Crippen molar-refractivity contribution in [2.75, 3.05) is 18.5 Å². The van der Waals surface area contributed by atoms with E-state index in [0.29, 0.717) is 18.4 Å². The fourth-order valence-corrected chi connectivity index (χ4v) is 2.80. The third kappa shape index (κ3) is 3.69. The van der Waals surface area contributed by atoms with Crippen LogP contribution in [0.4, 0.5) is 5.82 Å². The minimum Gasteiger partial charge on any atom is -0.396 e. The summed E-state index contributed by atoms with van der Waals surface area (Å²) in [5, 5.41) is 12.7. The molecule has 2 rings (SSSR count). The van der Waals surface area contributed by atoms with E-state index in [4.69, 9.17) is 0 Å². The summed E-state index contributed by atoms with van der Waals surface area (Å²) in [4.78, 5) is 4.48. The highest BCUT2D eigenvalue weighted by molar-refractivity contribution is 5.37. The van der Waals surface area contributed by atoms with E-state index in [1.807, 2.05) is 6.20 Å². The minimum absolute atomic E-state index is 0.152. The van der Waals surface area contributed by atoms with Gasteiger partial charge in [-0.1, -0.05) is 33.3 Å². The molecule has 19 heavy (non-hydrogen) atoms. The maximum absolute atomic E-state index is 9.32. The molecule has 1 aromatic heterocycles. The number of anilines is 1. The van der Waals surface area contributed by atoms with Crippen LogP contribution in [-0.4, -0.2) is 23.2 Å². The van der Waals surface area contributed by atoms with Crippen LogP contribution in [-0.2, 0) is 5.41 Å². The van der Waals surface area contributed by atoms with Crippen molar-refractivity contribution >= 4 is 5.82 Å². The Morgan fingerprint density at radius 3 is 2.58 bits per heavy atom. The fourth-order valence-electron chi connectivity index (χ4n) is 2.80. The Morgan fingerprint density at radius 1 is 1.26 bits per heavy atom. The first kappa shape index (κ1) is 14.3.